The molecule has 0 spiro atoms. The lowest BCUT2D eigenvalue weighted by Gasteiger charge is -1.86. The summed E-state index contributed by atoms with van der Waals surface area (Å²) in [5.41, 5.74) is 1.55. The molecule has 2 heterocycles. The van der Waals surface area contributed by atoms with E-state index in [-0.39, 0.29) is 0 Å². The van der Waals surface area contributed by atoms with E-state index in [4.69, 9.17) is 0 Å². The van der Waals surface area contributed by atoms with E-state index in [0.29, 0.717) is 0 Å². The monoisotopic (exact) mass is 132 g/mol. The van der Waals surface area contributed by atoms with E-state index in [1.165, 1.54) is 12.7 Å². The molecule has 0 aromatic rings. The highest BCUT2D eigenvalue weighted by Gasteiger charge is 2.04. The molecule has 48 valence electrons. The Bertz CT molecular complexity index is 235. The van der Waals surface area contributed by atoms with Crippen molar-refractivity contribution in [1.29, 1.82) is 0 Å². The zero-order chi connectivity index (χ0) is 6.81. The maximum absolute atomic E-state index is 3.95. The first-order chi connectivity index (χ1) is 4.97. The molecule has 0 radical (unpaired) electrons. The second-order valence-corrected chi connectivity index (χ2v) is 1.82. The van der Waals surface area contributed by atoms with Crippen LogP contribution in [0.3, 0.4) is 0 Å². The van der Waals surface area contributed by atoms with Crippen molar-refractivity contribution < 1.29 is 0 Å². The minimum absolute atomic E-state index is 0.775. The molecule has 10 heavy (non-hydrogen) atoms. The molecular weight excluding hydrogens is 128 g/mol. The Balaban J connectivity index is 2.46. The third-order valence-corrected chi connectivity index (χ3v) is 1.18. The zero-order valence-electron chi connectivity index (χ0n) is 5.10. The number of rotatable bonds is 0. The molecule has 0 N–H and O–H groups in total. The molecule has 4 nitrogen and oxygen atoms in total. The molecule has 0 amide bonds. The molecular formula is C6H4N4. The van der Waals surface area contributed by atoms with Crippen molar-refractivity contribution in [2.45, 2.75) is 0 Å². The second kappa shape index (κ2) is 1.98. The van der Waals surface area contributed by atoms with Crippen LogP contribution in [0.15, 0.2) is 31.4 Å². The summed E-state index contributed by atoms with van der Waals surface area (Å²) in [5, 5.41) is 0. The quantitative estimate of drug-likeness (QED) is 0.458. The van der Waals surface area contributed by atoms with Crippen molar-refractivity contribution in [2.24, 2.45) is 20.0 Å². The lowest BCUT2D eigenvalue weighted by molar-refractivity contribution is 1.40. The molecule has 2 rings (SSSR count). The molecule has 0 aliphatic carbocycles. The van der Waals surface area contributed by atoms with Crippen LogP contribution in [0.1, 0.15) is 0 Å². The van der Waals surface area contributed by atoms with Crippen LogP contribution in [0.5, 0.6) is 0 Å². The molecule has 2 aliphatic rings. The van der Waals surface area contributed by atoms with Crippen LogP contribution in [0.2, 0.25) is 0 Å². The minimum Gasteiger partial charge on any atom is -0.243 e. The van der Waals surface area contributed by atoms with Crippen LogP contribution in [0.25, 0.3) is 0 Å². The molecule has 0 aromatic heterocycles. The van der Waals surface area contributed by atoms with Crippen molar-refractivity contribution in [2.75, 3.05) is 0 Å². The SMILES string of the molecule is C1=NC=NC1=C1C=NC=N1. The summed E-state index contributed by atoms with van der Waals surface area (Å²) in [6.07, 6.45) is 6.29. The van der Waals surface area contributed by atoms with Gasteiger partial charge in [0.2, 0.25) is 0 Å². The summed E-state index contributed by atoms with van der Waals surface area (Å²) >= 11 is 0. The molecule has 4 heteroatoms. The van der Waals surface area contributed by atoms with Gasteiger partial charge in [0, 0.05) is 0 Å². The summed E-state index contributed by atoms with van der Waals surface area (Å²) in [5.74, 6) is 0. The highest BCUT2D eigenvalue weighted by molar-refractivity contribution is 6.01. The van der Waals surface area contributed by atoms with Crippen molar-refractivity contribution in [3.8, 4) is 0 Å². The third-order valence-electron chi connectivity index (χ3n) is 1.18. The molecule has 0 saturated heterocycles. The molecule has 0 unspecified atom stereocenters. The van der Waals surface area contributed by atoms with Gasteiger partial charge < -0.3 is 0 Å². The van der Waals surface area contributed by atoms with Crippen molar-refractivity contribution >= 4 is 25.1 Å². The normalized spacial score (nSPS) is 27.2. The zero-order valence-corrected chi connectivity index (χ0v) is 5.10. The lowest BCUT2D eigenvalue weighted by Crippen LogP contribution is -1.83. The Morgan fingerprint density at radius 1 is 0.800 bits per heavy atom. The van der Waals surface area contributed by atoms with Crippen molar-refractivity contribution in [3.05, 3.63) is 11.4 Å². The summed E-state index contributed by atoms with van der Waals surface area (Å²) in [7, 11) is 0. The number of nitrogens with zero attached hydrogens (tertiary/aromatic N) is 4. The van der Waals surface area contributed by atoms with Crippen LogP contribution >= 0.6 is 0 Å². The van der Waals surface area contributed by atoms with E-state index in [9.17, 15) is 0 Å². The molecule has 0 atom stereocenters. The van der Waals surface area contributed by atoms with Crippen LogP contribution in [-0.4, -0.2) is 25.1 Å². The van der Waals surface area contributed by atoms with E-state index in [1.807, 2.05) is 0 Å². The van der Waals surface area contributed by atoms with Gasteiger partial charge >= 0.3 is 0 Å². The Morgan fingerprint density at radius 3 is 1.60 bits per heavy atom. The van der Waals surface area contributed by atoms with Crippen LogP contribution in [-0.2, 0) is 0 Å². The van der Waals surface area contributed by atoms with Crippen molar-refractivity contribution in [1.82, 2.24) is 0 Å². The third kappa shape index (κ3) is 0.699. The average Bonchev–Trinajstić information content (AvgIpc) is 2.59. The van der Waals surface area contributed by atoms with Gasteiger partial charge in [-0.05, 0) is 0 Å². The first-order valence-electron chi connectivity index (χ1n) is 2.82. The maximum atomic E-state index is 3.95. The van der Waals surface area contributed by atoms with E-state index >= 15 is 0 Å². The molecule has 0 aromatic carbocycles. The van der Waals surface area contributed by atoms with Gasteiger partial charge in [-0.15, -0.1) is 0 Å². The average molecular weight is 132 g/mol. The predicted molar refractivity (Wildman–Crippen MR) is 41.0 cm³/mol. The predicted octanol–water partition coefficient (Wildman–Crippen LogP) is 0.423. The fraction of sp³-hybridized carbons (Fsp3) is 0. The minimum atomic E-state index is 0.775. The van der Waals surface area contributed by atoms with E-state index < -0.39 is 0 Å². The highest BCUT2D eigenvalue weighted by atomic mass is 15.0. The Hall–Kier alpha value is -1.58. The van der Waals surface area contributed by atoms with Gasteiger partial charge in [-0.1, -0.05) is 0 Å². The first-order valence-corrected chi connectivity index (χ1v) is 2.82. The smallest absolute Gasteiger partial charge is 0.116 e. The van der Waals surface area contributed by atoms with E-state index in [1.54, 1.807) is 12.4 Å². The largest absolute Gasteiger partial charge is 0.243 e. The summed E-state index contributed by atoms with van der Waals surface area (Å²) < 4.78 is 0. The number of hydrogen-bond donors (Lipinski definition) is 0. The summed E-state index contributed by atoms with van der Waals surface area (Å²) in [6, 6.07) is 0. The Kier molecular flexibility index (Phi) is 1.04. The topological polar surface area (TPSA) is 49.4 Å². The number of allylic oxidation sites excluding steroid dienone is 2. The first kappa shape index (κ1) is 5.22. The van der Waals surface area contributed by atoms with Gasteiger partial charge in [0.05, 0.1) is 12.4 Å². The van der Waals surface area contributed by atoms with Crippen LogP contribution in [0, 0.1) is 0 Å². The van der Waals surface area contributed by atoms with E-state index in [0.717, 1.165) is 11.4 Å². The second-order valence-electron chi connectivity index (χ2n) is 1.82. The van der Waals surface area contributed by atoms with E-state index in [2.05, 4.69) is 20.0 Å². The van der Waals surface area contributed by atoms with Crippen LogP contribution < -0.4 is 0 Å². The molecule has 0 bridgehead atoms. The summed E-state index contributed by atoms with van der Waals surface area (Å²) in [6.45, 7) is 0. The fourth-order valence-electron chi connectivity index (χ4n) is 0.730. The van der Waals surface area contributed by atoms with Gasteiger partial charge in [0.25, 0.3) is 0 Å². The number of hydrogen-bond acceptors (Lipinski definition) is 4. The van der Waals surface area contributed by atoms with Crippen LogP contribution in [0.4, 0.5) is 0 Å². The standard InChI is InChI=1S/C6H4N4/c1-5(9-3-7-1)6-2-8-4-10-6/h1-4H. The lowest BCUT2D eigenvalue weighted by atomic mass is 10.4. The Labute approximate surface area is 57.4 Å². The Morgan fingerprint density at radius 2 is 1.30 bits per heavy atom. The fourth-order valence-corrected chi connectivity index (χ4v) is 0.730. The van der Waals surface area contributed by atoms with Gasteiger partial charge in [-0.25, -0.2) is 20.0 Å². The highest BCUT2D eigenvalue weighted by Crippen LogP contribution is 2.08. The van der Waals surface area contributed by atoms with Gasteiger partial charge in [-0.3, -0.25) is 0 Å². The van der Waals surface area contributed by atoms with Gasteiger partial charge in [0.15, 0.2) is 0 Å². The maximum Gasteiger partial charge on any atom is 0.116 e. The molecule has 0 fully saturated rings. The summed E-state index contributed by atoms with van der Waals surface area (Å²) in [4.78, 5) is 15.5. The van der Waals surface area contributed by atoms with Gasteiger partial charge in [0.1, 0.15) is 24.1 Å². The molecule has 2 aliphatic heterocycles. The number of aliphatic imine (C=N–C) groups is 4. The van der Waals surface area contributed by atoms with Crippen molar-refractivity contribution in [3.63, 3.8) is 0 Å². The van der Waals surface area contributed by atoms with Gasteiger partial charge in [-0.2, -0.15) is 0 Å². The molecule has 0 saturated carbocycles.